The molecule has 7 heteroatoms. The Morgan fingerprint density at radius 3 is 2.59 bits per heavy atom. The molecule has 2 unspecified atom stereocenters. The molecule has 210 valence electrons. The lowest BCUT2D eigenvalue weighted by Crippen LogP contribution is -2.42. The first-order valence-electron chi connectivity index (χ1n) is 14.3. The number of rotatable bonds is 11. The Hall–Kier alpha value is -3.16. The number of hydrogen-bond acceptors (Lipinski definition) is 4. The maximum atomic E-state index is 13.3. The molecule has 1 saturated heterocycles. The molecule has 2 atom stereocenters. The van der Waals surface area contributed by atoms with Gasteiger partial charge in [0, 0.05) is 79.9 Å². The number of hydrogen-bond donors (Lipinski definition) is 2. The summed E-state index contributed by atoms with van der Waals surface area (Å²) in [6.45, 7) is 9.12. The maximum Gasteiger partial charge on any atom is 0.226 e. The molecular weight excluding hydrogens is 488 g/mol. The molecule has 3 aromatic rings. The summed E-state index contributed by atoms with van der Waals surface area (Å²) in [6, 6.07) is 16.1. The summed E-state index contributed by atoms with van der Waals surface area (Å²) in [7, 11) is 1.75. The third-order valence-corrected chi connectivity index (χ3v) is 7.85. The van der Waals surface area contributed by atoms with Crippen LogP contribution >= 0.6 is 0 Å². The van der Waals surface area contributed by atoms with Gasteiger partial charge in [0.05, 0.1) is 0 Å². The van der Waals surface area contributed by atoms with Crippen LogP contribution in [0, 0.1) is 12.8 Å². The predicted molar refractivity (Wildman–Crippen MR) is 158 cm³/mol. The van der Waals surface area contributed by atoms with Gasteiger partial charge < -0.3 is 25.3 Å². The molecule has 0 bridgehead atoms. The standard InChI is InChI=1S/C32H44N4O3/c1-22(2)32(38)34-27-14-12-24(13-15-27)19-26(33)20-30(37)35-16-7-9-25(21-35)31-23(3)28-10-5-6-11-29(28)36(31)17-8-18-39-4/h5-6,10-15,22,25-26H,7-9,16-21,33H2,1-4H3,(H,34,38). The van der Waals surface area contributed by atoms with Crippen molar-refractivity contribution in [2.45, 2.75) is 71.4 Å². The van der Waals surface area contributed by atoms with Gasteiger partial charge in [-0.3, -0.25) is 9.59 Å². The van der Waals surface area contributed by atoms with Gasteiger partial charge in [-0.15, -0.1) is 0 Å². The average molecular weight is 533 g/mol. The number of anilines is 1. The molecule has 2 amide bonds. The monoisotopic (exact) mass is 532 g/mol. The number of fused-ring (bicyclic) bond motifs is 1. The van der Waals surface area contributed by atoms with Crippen LogP contribution in [0.2, 0.25) is 0 Å². The van der Waals surface area contributed by atoms with Crippen LogP contribution in [0.15, 0.2) is 48.5 Å². The molecule has 7 nitrogen and oxygen atoms in total. The maximum absolute atomic E-state index is 13.3. The lowest BCUT2D eigenvalue weighted by molar-refractivity contribution is -0.132. The van der Waals surface area contributed by atoms with E-state index in [0.29, 0.717) is 18.8 Å². The number of nitrogens with two attached hydrogens (primary N) is 1. The van der Waals surface area contributed by atoms with Gasteiger partial charge in [-0.05, 0) is 61.9 Å². The number of benzene rings is 2. The SMILES string of the molecule is COCCCn1c(C2CCCN(C(=O)CC(N)Cc3ccc(NC(=O)C(C)C)cc3)C2)c(C)c2ccccc21. The van der Waals surface area contributed by atoms with Gasteiger partial charge in [-0.1, -0.05) is 44.2 Å². The van der Waals surface area contributed by atoms with Crippen molar-refractivity contribution >= 4 is 28.4 Å². The second-order valence-electron chi connectivity index (χ2n) is 11.2. The minimum Gasteiger partial charge on any atom is -0.385 e. The molecule has 39 heavy (non-hydrogen) atoms. The fourth-order valence-corrected chi connectivity index (χ4v) is 5.80. The fourth-order valence-electron chi connectivity index (χ4n) is 5.80. The van der Waals surface area contributed by atoms with Crippen molar-refractivity contribution < 1.29 is 14.3 Å². The number of amides is 2. The Bertz CT molecular complexity index is 1260. The first-order chi connectivity index (χ1) is 18.8. The number of carbonyl (C=O) groups excluding carboxylic acids is 2. The number of nitrogens with zero attached hydrogens (tertiary/aromatic N) is 2. The third kappa shape index (κ3) is 7.08. The number of likely N-dealkylation sites (tertiary alicyclic amines) is 1. The number of carbonyl (C=O) groups is 2. The number of piperidine rings is 1. The van der Waals surface area contributed by atoms with Crippen molar-refractivity contribution in [2.24, 2.45) is 11.7 Å². The number of nitrogens with one attached hydrogen (secondary N) is 1. The van der Waals surface area contributed by atoms with Crippen molar-refractivity contribution in [3.63, 3.8) is 0 Å². The quantitative estimate of drug-likeness (QED) is 0.330. The molecular formula is C32H44N4O3. The summed E-state index contributed by atoms with van der Waals surface area (Å²) in [6.07, 6.45) is 3.98. The number of aryl methyl sites for hydroxylation is 2. The molecule has 0 spiro atoms. The highest BCUT2D eigenvalue weighted by Gasteiger charge is 2.29. The number of methoxy groups -OCH3 is 1. The topological polar surface area (TPSA) is 89.6 Å². The highest BCUT2D eigenvalue weighted by atomic mass is 16.5. The van der Waals surface area contributed by atoms with Crippen molar-refractivity contribution in [3.05, 3.63) is 65.4 Å². The van der Waals surface area contributed by atoms with Gasteiger partial charge >= 0.3 is 0 Å². The molecule has 1 fully saturated rings. The zero-order chi connectivity index (χ0) is 27.9. The van der Waals surface area contributed by atoms with Gasteiger partial charge in [-0.25, -0.2) is 0 Å². The zero-order valence-corrected chi connectivity index (χ0v) is 23.9. The van der Waals surface area contributed by atoms with Crippen LogP contribution in [-0.2, 0) is 27.3 Å². The average Bonchev–Trinajstić information content (AvgIpc) is 3.21. The van der Waals surface area contributed by atoms with Crippen molar-refractivity contribution in [2.75, 3.05) is 32.1 Å². The van der Waals surface area contributed by atoms with Gasteiger partial charge in [-0.2, -0.15) is 0 Å². The first-order valence-corrected chi connectivity index (χ1v) is 14.3. The van der Waals surface area contributed by atoms with Crippen LogP contribution in [0.5, 0.6) is 0 Å². The molecule has 4 rings (SSSR count). The fraction of sp³-hybridized carbons (Fsp3) is 0.500. The van der Waals surface area contributed by atoms with Crippen molar-refractivity contribution in [1.29, 1.82) is 0 Å². The van der Waals surface area contributed by atoms with Gasteiger partial charge in [0.25, 0.3) is 0 Å². The molecule has 1 aliphatic heterocycles. The van der Waals surface area contributed by atoms with Crippen LogP contribution in [0.1, 0.15) is 62.3 Å². The summed E-state index contributed by atoms with van der Waals surface area (Å²) in [5, 5.41) is 4.20. The van der Waals surface area contributed by atoms with E-state index in [0.717, 1.165) is 56.8 Å². The second kappa shape index (κ2) is 13.3. The van der Waals surface area contributed by atoms with Crippen molar-refractivity contribution in [3.8, 4) is 0 Å². The third-order valence-electron chi connectivity index (χ3n) is 7.85. The van der Waals surface area contributed by atoms with E-state index in [2.05, 4.69) is 41.1 Å². The van der Waals surface area contributed by atoms with E-state index in [1.165, 1.54) is 22.2 Å². The van der Waals surface area contributed by atoms with Gasteiger partial charge in [0.1, 0.15) is 0 Å². The Labute approximate surface area is 232 Å². The minimum atomic E-state index is -0.254. The van der Waals surface area contributed by atoms with E-state index >= 15 is 0 Å². The normalized spacial score (nSPS) is 16.6. The number of ether oxygens (including phenoxy) is 1. The second-order valence-corrected chi connectivity index (χ2v) is 11.2. The molecule has 2 aromatic carbocycles. The molecule has 0 radical (unpaired) electrons. The van der Waals surface area contributed by atoms with Crippen LogP contribution in [-0.4, -0.2) is 54.1 Å². The molecule has 2 heterocycles. The summed E-state index contributed by atoms with van der Waals surface area (Å²) in [5.74, 6) is 0.368. The summed E-state index contributed by atoms with van der Waals surface area (Å²) in [5.41, 5.74) is 12.2. The minimum absolute atomic E-state index is 0.00424. The molecule has 3 N–H and O–H groups in total. The smallest absolute Gasteiger partial charge is 0.226 e. The Kier molecular flexibility index (Phi) is 9.81. The van der Waals surface area contributed by atoms with Crippen LogP contribution < -0.4 is 11.1 Å². The number of para-hydroxylation sites is 1. The van der Waals surface area contributed by atoms with Gasteiger partial charge in [0.2, 0.25) is 11.8 Å². The van der Waals surface area contributed by atoms with E-state index < -0.39 is 0 Å². The van der Waals surface area contributed by atoms with E-state index in [9.17, 15) is 9.59 Å². The summed E-state index contributed by atoms with van der Waals surface area (Å²) < 4.78 is 7.79. The molecule has 0 saturated carbocycles. The number of aromatic nitrogens is 1. The van der Waals surface area contributed by atoms with E-state index in [4.69, 9.17) is 10.5 Å². The largest absolute Gasteiger partial charge is 0.385 e. The van der Waals surface area contributed by atoms with E-state index in [1.807, 2.05) is 43.0 Å². The van der Waals surface area contributed by atoms with Gasteiger partial charge in [0.15, 0.2) is 0 Å². The van der Waals surface area contributed by atoms with Crippen LogP contribution in [0.3, 0.4) is 0 Å². The lowest BCUT2D eigenvalue weighted by Gasteiger charge is -2.34. The summed E-state index contributed by atoms with van der Waals surface area (Å²) >= 11 is 0. The molecule has 1 aromatic heterocycles. The van der Waals surface area contributed by atoms with Crippen LogP contribution in [0.25, 0.3) is 10.9 Å². The Morgan fingerprint density at radius 1 is 1.13 bits per heavy atom. The first kappa shape index (κ1) is 28.8. The molecule has 1 aliphatic rings. The van der Waals surface area contributed by atoms with E-state index in [-0.39, 0.29) is 23.8 Å². The van der Waals surface area contributed by atoms with E-state index in [1.54, 1.807) is 7.11 Å². The predicted octanol–water partition coefficient (Wildman–Crippen LogP) is 5.25. The summed E-state index contributed by atoms with van der Waals surface area (Å²) in [4.78, 5) is 27.3. The highest BCUT2D eigenvalue weighted by molar-refractivity contribution is 5.92. The van der Waals surface area contributed by atoms with Crippen LogP contribution in [0.4, 0.5) is 5.69 Å². The zero-order valence-electron chi connectivity index (χ0n) is 23.9. The van der Waals surface area contributed by atoms with Crippen molar-refractivity contribution in [1.82, 2.24) is 9.47 Å². The lowest BCUT2D eigenvalue weighted by atomic mass is 9.91. The molecule has 0 aliphatic carbocycles. The Balaban J connectivity index is 1.40. The highest BCUT2D eigenvalue weighted by Crippen LogP contribution is 2.36. The Morgan fingerprint density at radius 2 is 1.87 bits per heavy atom.